The number of carbonyl (C=O) groups excluding carboxylic acids is 2. The first-order chi connectivity index (χ1) is 10.5. The third-order valence-corrected chi connectivity index (χ3v) is 2.66. The molecule has 2 amide bonds. The van der Waals surface area contributed by atoms with Gasteiger partial charge in [0.25, 0.3) is 5.69 Å². The predicted molar refractivity (Wildman–Crippen MR) is 77.8 cm³/mol. The van der Waals surface area contributed by atoms with Crippen LogP contribution in [0.1, 0.15) is 6.42 Å². The average molecular weight is 311 g/mol. The van der Waals surface area contributed by atoms with Crippen molar-refractivity contribution in [2.75, 3.05) is 32.7 Å². The zero-order valence-electron chi connectivity index (χ0n) is 12.3. The summed E-state index contributed by atoms with van der Waals surface area (Å²) in [6.07, 6.45) is 0.565. The van der Waals surface area contributed by atoms with Crippen molar-refractivity contribution in [1.82, 2.24) is 5.32 Å². The van der Waals surface area contributed by atoms with E-state index in [0.717, 1.165) is 6.07 Å². The highest BCUT2D eigenvalue weighted by Crippen LogP contribution is 2.28. The van der Waals surface area contributed by atoms with Crippen LogP contribution < -0.4 is 15.4 Å². The number of benzene rings is 1. The first-order valence-corrected chi connectivity index (χ1v) is 6.40. The minimum Gasteiger partial charge on any atom is -0.495 e. The third-order valence-electron chi connectivity index (χ3n) is 2.66. The number of nitrogens with one attached hydrogen (secondary N) is 2. The number of nitro benzene ring substituents is 1. The number of hydrogen-bond acceptors (Lipinski definition) is 6. The molecular formula is C13H17N3O6. The molecule has 0 saturated carbocycles. The Kier molecular flexibility index (Phi) is 6.77. The second-order valence-corrected chi connectivity index (χ2v) is 4.20. The number of anilines is 1. The van der Waals surface area contributed by atoms with Gasteiger partial charge in [0.2, 0.25) is 0 Å². The lowest BCUT2D eigenvalue weighted by Crippen LogP contribution is -2.36. The third kappa shape index (κ3) is 5.02. The second-order valence-electron chi connectivity index (χ2n) is 4.20. The number of carbonyl (C=O) groups is 2. The van der Waals surface area contributed by atoms with Crippen molar-refractivity contribution < 1.29 is 24.0 Å². The largest absolute Gasteiger partial charge is 0.495 e. The van der Waals surface area contributed by atoms with Crippen LogP contribution in [0.4, 0.5) is 11.4 Å². The van der Waals surface area contributed by atoms with Crippen LogP contribution in [-0.4, -0.2) is 44.1 Å². The molecule has 0 unspecified atom stereocenters. The Hall–Kier alpha value is -2.68. The lowest BCUT2D eigenvalue weighted by atomic mass is 10.2. The molecule has 1 aromatic rings. The Morgan fingerprint density at radius 1 is 1.27 bits per heavy atom. The maximum Gasteiger partial charge on any atom is 0.313 e. The Labute approximate surface area is 126 Å². The fraction of sp³-hybridized carbons (Fsp3) is 0.385. The van der Waals surface area contributed by atoms with Crippen LogP contribution in [0.2, 0.25) is 0 Å². The van der Waals surface area contributed by atoms with Crippen LogP contribution in [-0.2, 0) is 14.3 Å². The first-order valence-electron chi connectivity index (χ1n) is 6.40. The second kappa shape index (κ2) is 8.57. The van der Waals surface area contributed by atoms with Gasteiger partial charge in [-0.2, -0.15) is 0 Å². The summed E-state index contributed by atoms with van der Waals surface area (Å²) in [4.78, 5) is 33.5. The summed E-state index contributed by atoms with van der Waals surface area (Å²) in [5, 5.41) is 15.4. The van der Waals surface area contributed by atoms with E-state index in [2.05, 4.69) is 10.6 Å². The summed E-state index contributed by atoms with van der Waals surface area (Å²) < 4.78 is 9.80. The molecule has 0 fully saturated rings. The Bertz CT molecular complexity index is 561. The number of nitrogens with zero attached hydrogens (tertiary/aromatic N) is 1. The van der Waals surface area contributed by atoms with Crippen molar-refractivity contribution in [2.45, 2.75) is 6.42 Å². The van der Waals surface area contributed by atoms with Crippen LogP contribution in [0.15, 0.2) is 18.2 Å². The van der Waals surface area contributed by atoms with Crippen LogP contribution in [0.5, 0.6) is 5.75 Å². The molecule has 0 aliphatic rings. The molecule has 120 valence electrons. The van der Waals surface area contributed by atoms with Gasteiger partial charge >= 0.3 is 11.8 Å². The molecule has 1 aromatic carbocycles. The summed E-state index contributed by atoms with van der Waals surface area (Å²) >= 11 is 0. The van der Waals surface area contributed by atoms with Gasteiger partial charge in [-0.3, -0.25) is 19.7 Å². The highest BCUT2D eigenvalue weighted by atomic mass is 16.6. The van der Waals surface area contributed by atoms with E-state index in [4.69, 9.17) is 9.47 Å². The molecule has 2 N–H and O–H groups in total. The summed E-state index contributed by atoms with van der Waals surface area (Å²) in [6, 6.07) is 3.69. The molecule has 0 heterocycles. The summed E-state index contributed by atoms with van der Waals surface area (Å²) in [5.41, 5.74) is -0.176. The zero-order chi connectivity index (χ0) is 16.5. The van der Waals surface area contributed by atoms with E-state index in [1.165, 1.54) is 26.4 Å². The topological polar surface area (TPSA) is 120 Å². The van der Waals surface area contributed by atoms with E-state index in [1.54, 1.807) is 0 Å². The molecule has 0 aliphatic heterocycles. The van der Waals surface area contributed by atoms with Gasteiger partial charge in [0.05, 0.1) is 17.7 Å². The fourth-order valence-electron chi connectivity index (χ4n) is 1.58. The maximum absolute atomic E-state index is 11.7. The van der Waals surface area contributed by atoms with Gasteiger partial charge < -0.3 is 20.1 Å². The molecule has 0 aromatic heterocycles. The van der Waals surface area contributed by atoms with Gasteiger partial charge in [-0.05, 0) is 12.5 Å². The standard InChI is InChI=1S/C13H17N3O6/c1-21-7-3-6-14-12(17)13(18)15-10-8-9(16(19)20)4-5-11(10)22-2/h4-5,8H,3,6-7H2,1-2H3,(H,14,17)(H,15,18). The number of nitro groups is 1. The van der Waals surface area contributed by atoms with Gasteiger partial charge in [-0.15, -0.1) is 0 Å². The van der Waals surface area contributed by atoms with E-state index < -0.39 is 16.7 Å². The minimum absolute atomic E-state index is 0.0498. The monoisotopic (exact) mass is 311 g/mol. The Morgan fingerprint density at radius 2 is 2.00 bits per heavy atom. The van der Waals surface area contributed by atoms with Crippen molar-refractivity contribution in [3.8, 4) is 5.75 Å². The minimum atomic E-state index is -0.934. The first kappa shape index (κ1) is 17.4. The molecule has 0 saturated heterocycles. The van der Waals surface area contributed by atoms with E-state index in [-0.39, 0.29) is 23.7 Å². The molecule has 1 rings (SSSR count). The van der Waals surface area contributed by atoms with Gasteiger partial charge in [-0.25, -0.2) is 0 Å². The van der Waals surface area contributed by atoms with E-state index >= 15 is 0 Å². The van der Waals surface area contributed by atoms with Crippen molar-refractivity contribution in [1.29, 1.82) is 0 Å². The van der Waals surface area contributed by atoms with E-state index in [0.29, 0.717) is 13.0 Å². The molecule has 9 heteroatoms. The lowest BCUT2D eigenvalue weighted by Gasteiger charge is -2.10. The van der Waals surface area contributed by atoms with Gasteiger partial charge in [0.15, 0.2) is 0 Å². The lowest BCUT2D eigenvalue weighted by molar-refractivity contribution is -0.384. The Morgan fingerprint density at radius 3 is 2.59 bits per heavy atom. The van der Waals surface area contributed by atoms with Gasteiger partial charge in [0.1, 0.15) is 5.75 Å². The summed E-state index contributed by atoms with van der Waals surface area (Å²) in [6.45, 7) is 0.743. The Balaban J connectivity index is 2.71. The van der Waals surface area contributed by atoms with Crippen molar-refractivity contribution in [3.63, 3.8) is 0 Å². The highest BCUT2D eigenvalue weighted by molar-refractivity contribution is 6.39. The highest BCUT2D eigenvalue weighted by Gasteiger charge is 2.18. The van der Waals surface area contributed by atoms with Crippen LogP contribution in [0.3, 0.4) is 0 Å². The molecule has 0 aliphatic carbocycles. The normalized spacial score (nSPS) is 9.91. The predicted octanol–water partition coefficient (Wildman–Crippen LogP) is 0.695. The molecule has 0 atom stereocenters. The number of ether oxygens (including phenoxy) is 2. The van der Waals surface area contributed by atoms with Crippen molar-refractivity contribution >= 4 is 23.2 Å². The van der Waals surface area contributed by atoms with E-state index in [9.17, 15) is 19.7 Å². The number of amides is 2. The SMILES string of the molecule is COCCCNC(=O)C(=O)Nc1cc([N+](=O)[O-])ccc1OC. The fourth-order valence-corrected chi connectivity index (χ4v) is 1.58. The molecule has 0 bridgehead atoms. The zero-order valence-corrected chi connectivity index (χ0v) is 12.3. The molecule has 0 spiro atoms. The summed E-state index contributed by atoms with van der Waals surface area (Å²) in [7, 11) is 2.88. The van der Waals surface area contributed by atoms with Crippen LogP contribution in [0, 0.1) is 10.1 Å². The van der Waals surface area contributed by atoms with Gasteiger partial charge in [-0.1, -0.05) is 0 Å². The summed E-state index contributed by atoms with van der Waals surface area (Å²) in [5.74, 6) is -1.56. The molecule has 9 nitrogen and oxygen atoms in total. The molecular weight excluding hydrogens is 294 g/mol. The smallest absolute Gasteiger partial charge is 0.313 e. The molecule has 0 radical (unpaired) electrons. The number of non-ortho nitro benzene ring substituents is 1. The number of rotatable bonds is 7. The van der Waals surface area contributed by atoms with E-state index in [1.807, 2.05) is 0 Å². The van der Waals surface area contributed by atoms with Crippen LogP contribution >= 0.6 is 0 Å². The number of hydrogen-bond donors (Lipinski definition) is 2. The molecule has 22 heavy (non-hydrogen) atoms. The van der Waals surface area contributed by atoms with Crippen molar-refractivity contribution in [2.24, 2.45) is 0 Å². The average Bonchev–Trinajstić information content (AvgIpc) is 2.51. The number of methoxy groups -OCH3 is 2. The quantitative estimate of drug-likeness (QED) is 0.331. The van der Waals surface area contributed by atoms with Crippen molar-refractivity contribution in [3.05, 3.63) is 28.3 Å². The van der Waals surface area contributed by atoms with Crippen LogP contribution in [0.25, 0.3) is 0 Å². The maximum atomic E-state index is 11.7. The van der Waals surface area contributed by atoms with Gasteiger partial charge in [0, 0.05) is 32.4 Å².